The van der Waals surface area contributed by atoms with Crippen LogP contribution in [0.15, 0.2) is 6.20 Å². The minimum Gasteiger partial charge on any atom is -0.465 e. The highest BCUT2D eigenvalue weighted by molar-refractivity contribution is 5.65. The quantitative estimate of drug-likeness (QED) is 0.900. The van der Waals surface area contributed by atoms with Crippen LogP contribution in [0.2, 0.25) is 0 Å². The standard InChI is InChI=1S/C15H22N6O2/c1-9(2)12-8-16-21-13(12)17-10(3)18-14(21)19-11-4-6-20(7-5-11)15(22)23/h8-9,11H,4-7H2,1-3H3,(H,22,23)(H,17,18,19). The average molecular weight is 318 g/mol. The van der Waals surface area contributed by atoms with Crippen molar-refractivity contribution in [2.45, 2.75) is 45.6 Å². The Balaban J connectivity index is 1.82. The van der Waals surface area contributed by atoms with Crippen LogP contribution in [0.5, 0.6) is 0 Å². The van der Waals surface area contributed by atoms with Crippen LogP contribution in [0.4, 0.5) is 10.7 Å². The Bertz CT molecular complexity index is 718. The van der Waals surface area contributed by atoms with E-state index in [4.69, 9.17) is 5.11 Å². The van der Waals surface area contributed by atoms with E-state index in [0.717, 1.165) is 24.1 Å². The van der Waals surface area contributed by atoms with E-state index in [1.54, 1.807) is 4.52 Å². The van der Waals surface area contributed by atoms with Gasteiger partial charge in [-0.3, -0.25) is 0 Å². The van der Waals surface area contributed by atoms with Crippen molar-refractivity contribution in [3.63, 3.8) is 0 Å². The summed E-state index contributed by atoms with van der Waals surface area (Å²) >= 11 is 0. The number of carboxylic acid groups (broad SMARTS) is 1. The van der Waals surface area contributed by atoms with E-state index >= 15 is 0 Å². The van der Waals surface area contributed by atoms with Gasteiger partial charge in [-0.2, -0.15) is 14.6 Å². The van der Waals surface area contributed by atoms with Crippen LogP contribution in [0.1, 0.15) is 44.0 Å². The Morgan fingerprint density at radius 3 is 2.65 bits per heavy atom. The minimum absolute atomic E-state index is 0.190. The van der Waals surface area contributed by atoms with Gasteiger partial charge in [0.25, 0.3) is 0 Å². The maximum atomic E-state index is 11.0. The summed E-state index contributed by atoms with van der Waals surface area (Å²) in [5, 5.41) is 16.8. The number of fused-ring (bicyclic) bond motifs is 1. The number of carbonyl (C=O) groups is 1. The van der Waals surface area contributed by atoms with Gasteiger partial charge < -0.3 is 15.3 Å². The zero-order valence-electron chi connectivity index (χ0n) is 13.7. The fourth-order valence-corrected chi connectivity index (χ4v) is 2.90. The first-order valence-corrected chi connectivity index (χ1v) is 7.92. The second-order valence-electron chi connectivity index (χ2n) is 6.27. The lowest BCUT2D eigenvalue weighted by molar-refractivity contribution is 0.133. The Morgan fingerprint density at radius 2 is 2.04 bits per heavy atom. The molecule has 1 aliphatic rings. The summed E-state index contributed by atoms with van der Waals surface area (Å²) < 4.78 is 1.74. The molecule has 0 radical (unpaired) electrons. The number of piperidine rings is 1. The first kappa shape index (κ1) is 15.5. The largest absolute Gasteiger partial charge is 0.465 e. The van der Waals surface area contributed by atoms with Gasteiger partial charge in [0.1, 0.15) is 5.82 Å². The van der Waals surface area contributed by atoms with Gasteiger partial charge in [-0.25, -0.2) is 9.78 Å². The topological polar surface area (TPSA) is 95.7 Å². The minimum atomic E-state index is -0.850. The predicted octanol–water partition coefficient (Wildman–Crippen LogP) is 2.11. The fourth-order valence-electron chi connectivity index (χ4n) is 2.90. The molecule has 0 saturated carbocycles. The van der Waals surface area contributed by atoms with Crippen LogP contribution >= 0.6 is 0 Å². The van der Waals surface area contributed by atoms with Gasteiger partial charge >= 0.3 is 6.09 Å². The number of amides is 1. The number of likely N-dealkylation sites (tertiary alicyclic amines) is 1. The van der Waals surface area contributed by atoms with Crippen LogP contribution in [0, 0.1) is 6.92 Å². The zero-order valence-corrected chi connectivity index (χ0v) is 13.7. The summed E-state index contributed by atoms with van der Waals surface area (Å²) in [4.78, 5) is 21.4. The van der Waals surface area contributed by atoms with Gasteiger partial charge in [-0.1, -0.05) is 13.8 Å². The van der Waals surface area contributed by atoms with Gasteiger partial charge in [-0.05, 0) is 25.7 Å². The third kappa shape index (κ3) is 3.06. The summed E-state index contributed by atoms with van der Waals surface area (Å²) in [6, 6.07) is 0.190. The molecule has 3 rings (SSSR count). The van der Waals surface area contributed by atoms with Crippen molar-refractivity contribution in [2.24, 2.45) is 0 Å². The number of aromatic nitrogens is 4. The molecule has 8 heteroatoms. The first-order valence-electron chi connectivity index (χ1n) is 7.92. The lowest BCUT2D eigenvalue weighted by Crippen LogP contribution is -2.42. The molecule has 0 spiro atoms. The molecular weight excluding hydrogens is 296 g/mol. The molecule has 2 aromatic heterocycles. The Kier molecular flexibility index (Phi) is 4.06. The summed E-state index contributed by atoms with van der Waals surface area (Å²) in [6.45, 7) is 7.18. The van der Waals surface area contributed by atoms with Crippen LogP contribution in [0.3, 0.4) is 0 Å². The number of rotatable bonds is 3. The van der Waals surface area contributed by atoms with Gasteiger partial charge in [0, 0.05) is 24.7 Å². The molecule has 3 heterocycles. The fraction of sp³-hybridized carbons (Fsp3) is 0.600. The molecule has 1 saturated heterocycles. The summed E-state index contributed by atoms with van der Waals surface area (Å²) in [5.74, 6) is 1.71. The second-order valence-corrected chi connectivity index (χ2v) is 6.27. The van der Waals surface area contributed by atoms with Crippen molar-refractivity contribution in [1.82, 2.24) is 24.5 Å². The van der Waals surface area contributed by atoms with Crippen molar-refractivity contribution in [3.8, 4) is 0 Å². The van der Waals surface area contributed by atoms with Crippen molar-refractivity contribution in [1.29, 1.82) is 0 Å². The van der Waals surface area contributed by atoms with E-state index in [0.29, 0.717) is 30.8 Å². The second kappa shape index (κ2) is 6.02. The van der Waals surface area contributed by atoms with Crippen molar-refractivity contribution in [2.75, 3.05) is 18.4 Å². The highest BCUT2D eigenvalue weighted by atomic mass is 16.4. The molecule has 8 nitrogen and oxygen atoms in total. The maximum absolute atomic E-state index is 11.0. The molecule has 124 valence electrons. The number of nitrogens with one attached hydrogen (secondary N) is 1. The third-order valence-electron chi connectivity index (χ3n) is 4.23. The zero-order chi connectivity index (χ0) is 16.6. The van der Waals surface area contributed by atoms with Crippen molar-refractivity contribution < 1.29 is 9.90 Å². The number of hydrogen-bond acceptors (Lipinski definition) is 5. The predicted molar refractivity (Wildman–Crippen MR) is 85.9 cm³/mol. The number of anilines is 1. The molecule has 2 N–H and O–H groups in total. The number of aryl methyl sites for hydroxylation is 1. The lowest BCUT2D eigenvalue weighted by Gasteiger charge is -2.30. The highest BCUT2D eigenvalue weighted by Gasteiger charge is 2.23. The van der Waals surface area contributed by atoms with Crippen molar-refractivity contribution >= 4 is 17.7 Å². The Labute approximate surface area is 134 Å². The van der Waals surface area contributed by atoms with E-state index in [2.05, 4.69) is 34.2 Å². The summed E-state index contributed by atoms with van der Waals surface area (Å²) in [5.41, 5.74) is 1.93. The Morgan fingerprint density at radius 1 is 1.35 bits per heavy atom. The summed E-state index contributed by atoms with van der Waals surface area (Å²) in [7, 11) is 0. The van der Waals surface area contributed by atoms with Gasteiger partial charge in [0.15, 0.2) is 5.65 Å². The molecular formula is C15H22N6O2. The molecule has 1 amide bonds. The van der Waals surface area contributed by atoms with Crippen LogP contribution in [-0.4, -0.2) is 54.8 Å². The smallest absolute Gasteiger partial charge is 0.407 e. The molecule has 1 aliphatic heterocycles. The van der Waals surface area contributed by atoms with E-state index in [9.17, 15) is 4.79 Å². The van der Waals surface area contributed by atoms with Crippen LogP contribution in [0.25, 0.3) is 5.65 Å². The van der Waals surface area contributed by atoms with E-state index < -0.39 is 6.09 Å². The normalized spacial score (nSPS) is 16.3. The first-order chi connectivity index (χ1) is 11.0. The SMILES string of the molecule is Cc1nc(NC2CCN(C(=O)O)CC2)n2ncc(C(C)C)c2n1. The van der Waals surface area contributed by atoms with E-state index in [1.165, 1.54) is 4.90 Å². The molecule has 0 aliphatic carbocycles. The van der Waals surface area contributed by atoms with Gasteiger partial charge in [0.2, 0.25) is 5.95 Å². The van der Waals surface area contributed by atoms with E-state index in [-0.39, 0.29) is 6.04 Å². The molecule has 1 fully saturated rings. The molecule has 0 atom stereocenters. The molecule has 23 heavy (non-hydrogen) atoms. The van der Waals surface area contributed by atoms with Crippen molar-refractivity contribution in [3.05, 3.63) is 17.6 Å². The molecule has 0 aromatic carbocycles. The molecule has 0 unspecified atom stereocenters. The number of hydrogen-bond donors (Lipinski definition) is 2. The van der Waals surface area contributed by atoms with Crippen LogP contribution < -0.4 is 5.32 Å². The molecule has 2 aromatic rings. The Hall–Kier alpha value is -2.38. The summed E-state index contributed by atoms with van der Waals surface area (Å²) in [6.07, 6.45) is 2.51. The lowest BCUT2D eigenvalue weighted by atomic mass is 10.1. The highest BCUT2D eigenvalue weighted by Crippen LogP contribution is 2.22. The molecule has 0 bridgehead atoms. The number of nitrogens with zero attached hydrogens (tertiary/aromatic N) is 5. The van der Waals surface area contributed by atoms with Crippen LogP contribution in [-0.2, 0) is 0 Å². The maximum Gasteiger partial charge on any atom is 0.407 e. The average Bonchev–Trinajstić information content (AvgIpc) is 2.91. The monoisotopic (exact) mass is 318 g/mol. The van der Waals surface area contributed by atoms with Gasteiger partial charge in [-0.15, -0.1) is 0 Å². The van der Waals surface area contributed by atoms with Gasteiger partial charge in [0.05, 0.1) is 6.20 Å². The van der Waals surface area contributed by atoms with E-state index in [1.807, 2.05) is 13.1 Å². The third-order valence-corrected chi connectivity index (χ3v) is 4.23.